The Bertz CT molecular complexity index is 273. The molecule has 0 fully saturated rings. The van der Waals surface area contributed by atoms with Crippen molar-refractivity contribution in [1.29, 1.82) is 0 Å². The summed E-state index contributed by atoms with van der Waals surface area (Å²) in [5.41, 5.74) is 1.26. The van der Waals surface area contributed by atoms with Crippen molar-refractivity contribution < 1.29 is 4.74 Å². The molecule has 86 valence electrons. The summed E-state index contributed by atoms with van der Waals surface area (Å²) in [6, 6.07) is 0.422. The smallest absolute Gasteiger partial charge is 0.0658 e. The predicted octanol–water partition coefficient (Wildman–Crippen LogP) is 1.59. The molecule has 4 nitrogen and oxygen atoms in total. The highest BCUT2D eigenvalue weighted by Crippen LogP contribution is 2.14. The number of hydrogen-bond acceptors (Lipinski definition) is 3. The molecule has 15 heavy (non-hydrogen) atoms. The van der Waals surface area contributed by atoms with Gasteiger partial charge >= 0.3 is 0 Å². The van der Waals surface area contributed by atoms with Crippen molar-refractivity contribution in [2.24, 2.45) is 0 Å². The van der Waals surface area contributed by atoms with Gasteiger partial charge in [0.25, 0.3) is 0 Å². The Morgan fingerprint density at radius 3 is 2.93 bits per heavy atom. The van der Waals surface area contributed by atoms with Crippen LogP contribution in [0.2, 0.25) is 0 Å². The Morgan fingerprint density at radius 1 is 1.53 bits per heavy atom. The van der Waals surface area contributed by atoms with E-state index in [0.717, 1.165) is 19.5 Å². The lowest BCUT2D eigenvalue weighted by molar-refractivity contribution is 0.183. The van der Waals surface area contributed by atoms with Crippen LogP contribution in [0.3, 0.4) is 0 Å². The van der Waals surface area contributed by atoms with Gasteiger partial charge in [0.1, 0.15) is 0 Å². The van der Waals surface area contributed by atoms with E-state index in [0.29, 0.717) is 12.6 Å². The van der Waals surface area contributed by atoms with E-state index in [1.807, 2.05) is 10.9 Å². The van der Waals surface area contributed by atoms with Gasteiger partial charge in [0.2, 0.25) is 0 Å². The van der Waals surface area contributed by atoms with Crippen molar-refractivity contribution in [2.75, 3.05) is 20.3 Å². The minimum Gasteiger partial charge on any atom is -0.383 e. The second kappa shape index (κ2) is 6.58. The molecule has 0 radical (unpaired) electrons. The molecule has 1 heterocycles. The third-order valence-corrected chi connectivity index (χ3v) is 2.44. The summed E-state index contributed by atoms with van der Waals surface area (Å²) < 4.78 is 6.94. The van der Waals surface area contributed by atoms with Gasteiger partial charge in [-0.1, -0.05) is 13.8 Å². The van der Waals surface area contributed by atoms with Crippen molar-refractivity contribution in [2.45, 2.75) is 32.9 Å². The van der Waals surface area contributed by atoms with E-state index in [1.54, 1.807) is 7.11 Å². The molecule has 1 unspecified atom stereocenters. The van der Waals surface area contributed by atoms with E-state index in [1.165, 1.54) is 5.56 Å². The fourth-order valence-electron chi connectivity index (χ4n) is 1.61. The van der Waals surface area contributed by atoms with Crippen molar-refractivity contribution in [3.05, 3.63) is 18.0 Å². The zero-order valence-electron chi connectivity index (χ0n) is 9.86. The summed E-state index contributed by atoms with van der Waals surface area (Å²) in [6.07, 6.45) is 5.12. The lowest BCUT2D eigenvalue weighted by Gasteiger charge is -2.13. The molecule has 0 aliphatic carbocycles. The maximum Gasteiger partial charge on any atom is 0.0658 e. The third-order valence-electron chi connectivity index (χ3n) is 2.44. The van der Waals surface area contributed by atoms with Crippen LogP contribution in [-0.4, -0.2) is 30.0 Å². The van der Waals surface area contributed by atoms with Crippen molar-refractivity contribution in [3.63, 3.8) is 0 Å². The first kappa shape index (κ1) is 12.2. The van der Waals surface area contributed by atoms with E-state index in [2.05, 4.69) is 30.5 Å². The highest BCUT2D eigenvalue weighted by molar-refractivity contribution is 5.10. The Balaban J connectivity index is 2.56. The van der Waals surface area contributed by atoms with Crippen LogP contribution in [0.5, 0.6) is 0 Å². The number of nitrogens with zero attached hydrogens (tertiary/aromatic N) is 2. The van der Waals surface area contributed by atoms with Crippen LogP contribution in [-0.2, 0) is 11.3 Å². The standard InChI is InChI=1S/C11H21N3O/c1-4-11(12-5-2)10-8-13-14(9-10)6-7-15-3/h8-9,11-12H,4-7H2,1-3H3. The van der Waals surface area contributed by atoms with Crippen molar-refractivity contribution in [1.82, 2.24) is 15.1 Å². The second-order valence-corrected chi connectivity index (χ2v) is 3.55. The maximum absolute atomic E-state index is 5.01. The zero-order valence-corrected chi connectivity index (χ0v) is 9.86. The van der Waals surface area contributed by atoms with E-state index in [4.69, 9.17) is 4.74 Å². The van der Waals surface area contributed by atoms with Crippen LogP contribution in [0.15, 0.2) is 12.4 Å². The number of methoxy groups -OCH3 is 1. The third kappa shape index (κ3) is 3.64. The molecule has 1 rings (SSSR count). The Morgan fingerprint density at radius 2 is 2.33 bits per heavy atom. The van der Waals surface area contributed by atoms with E-state index in [9.17, 15) is 0 Å². The van der Waals surface area contributed by atoms with Gasteiger partial charge in [-0.05, 0) is 13.0 Å². The number of hydrogen-bond donors (Lipinski definition) is 1. The topological polar surface area (TPSA) is 39.1 Å². The zero-order chi connectivity index (χ0) is 11.1. The predicted molar refractivity (Wildman–Crippen MR) is 60.8 cm³/mol. The molecule has 0 aliphatic heterocycles. The van der Waals surface area contributed by atoms with Gasteiger partial charge in [-0.25, -0.2) is 0 Å². The lowest BCUT2D eigenvalue weighted by atomic mass is 10.1. The van der Waals surface area contributed by atoms with Crippen molar-refractivity contribution >= 4 is 0 Å². The molecule has 0 saturated carbocycles. The average molecular weight is 211 g/mol. The van der Waals surface area contributed by atoms with Crippen LogP contribution in [0.1, 0.15) is 31.9 Å². The molecule has 4 heteroatoms. The van der Waals surface area contributed by atoms with Crippen LogP contribution in [0, 0.1) is 0 Å². The maximum atomic E-state index is 5.01. The largest absolute Gasteiger partial charge is 0.383 e. The molecular weight excluding hydrogens is 190 g/mol. The van der Waals surface area contributed by atoms with Crippen molar-refractivity contribution in [3.8, 4) is 0 Å². The molecule has 0 aromatic carbocycles. The summed E-state index contributed by atoms with van der Waals surface area (Å²) >= 11 is 0. The average Bonchev–Trinajstić information content (AvgIpc) is 2.71. The van der Waals surface area contributed by atoms with Gasteiger partial charge < -0.3 is 10.1 Å². The number of rotatable bonds is 7. The summed E-state index contributed by atoms with van der Waals surface area (Å²) in [6.45, 7) is 6.82. The van der Waals surface area contributed by atoms with Gasteiger partial charge in [-0.3, -0.25) is 4.68 Å². The summed E-state index contributed by atoms with van der Waals surface area (Å²) in [5.74, 6) is 0. The first-order valence-electron chi connectivity index (χ1n) is 5.56. The lowest BCUT2D eigenvalue weighted by Crippen LogP contribution is -2.19. The molecule has 1 aromatic heterocycles. The van der Waals surface area contributed by atoms with E-state index in [-0.39, 0.29) is 0 Å². The quantitative estimate of drug-likeness (QED) is 0.744. The molecule has 1 N–H and O–H groups in total. The second-order valence-electron chi connectivity index (χ2n) is 3.55. The minimum absolute atomic E-state index is 0.422. The Labute approximate surface area is 91.6 Å². The molecular formula is C11H21N3O. The molecule has 0 spiro atoms. The molecule has 1 aromatic rings. The number of nitrogens with one attached hydrogen (secondary N) is 1. The fourth-order valence-corrected chi connectivity index (χ4v) is 1.61. The monoisotopic (exact) mass is 211 g/mol. The van der Waals surface area contributed by atoms with Crippen LogP contribution >= 0.6 is 0 Å². The van der Waals surface area contributed by atoms with Gasteiger partial charge in [-0.2, -0.15) is 5.10 Å². The highest BCUT2D eigenvalue weighted by Gasteiger charge is 2.09. The number of aromatic nitrogens is 2. The van der Waals surface area contributed by atoms with Gasteiger partial charge in [0.15, 0.2) is 0 Å². The molecule has 0 bridgehead atoms. The molecule has 0 amide bonds. The summed E-state index contributed by atoms with van der Waals surface area (Å²) in [5, 5.41) is 7.73. The Hall–Kier alpha value is -0.870. The first-order valence-corrected chi connectivity index (χ1v) is 5.56. The Kier molecular flexibility index (Phi) is 5.36. The number of ether oxygens (including phenoxy) is 1. The molecule has 1 atom stereocenters. The van der Waals surface area contributed by atoms with Crippen LogP contribution in [0.4, 0.5) is 0 Å². The van der Waals surface area contributed by atoms with Crippen LogP contribution in [0.25, 0.3) is 0 Å². The molecule has 0 saturated heterocycles. The highest BCUT2D eigenvalue weighted by atomic mass is 16.5. The van der Waals surface area contributed by atoms with Gasteiger partial charge in [-0.15, -0.1) is 0 Å². The summed E-state index contributed by atoms with van der Waals surface area (Å²) in [4.78, 5) is 0. The van der Waals surface area contributed by atoms with Gasteiger partial charge in [0.05, 0.1) is 19.3 Å². The van der Waals surface area contributed by atoms with Crippen LogP contribution < -0.4 is 5.32 Å². The van der Waals surface area contributed by atoms with Gasteiger partial charge in [0, 0.05) is 24.9 Å². The fraction of sp³-hybridized carbons (Fsp3) is 0.727. The molecule has 0 aliphatic rings. The van der Waals surface area contributed by atoms with E-state index < -0.39 is 0 Å². The first-order chi connectivity index (χ1) is 7.31. The summed E-state index contributed by atoms with van der Waals surface area (Å²) in [7, 11) is 1.71. The minimum atomic E-state index is 0.422. The van der Waals surface area contributed by atoms with E-state index >= 15 is 0 Å². The SMILES string of the molecule is CCNC(CC)c1cnn(CCOC)c1. The normalized spacial score (nSPS) is 13.0.